The fraction of sp³-hybridized carbons (Fsp3) is 0.182. The molecule has 0 atom stereocenters. The summed E-state index contributed by atoms with van der Waals surface area (Å²) < 4.78 is 38.6. The standard InChI is InChI=1S/C11H11FN3O3S/c1-15(2)19(17,18)10-7-5-6(12)3-4-8(7)14-9(10)11(13)16/h3-5H,1-2H3,(H2,13,16). The van der Waals surface area contributed by atoms with Gasteiger partial charge in [0.1, 0.15) is 16.4 Å². The van der Waals surface area contributed by atoms with Crippen LogP contribution in [-0.4, -0.2) is 32.7 Å². The van der Waals surface area contributed by atoms with Crippen LogP contribution in [0, 0.1) is 5.82 Å². The number of halogens is 1. The Balaban J connectivity index is 2.76. The highest BCUT2D eigenvalue weighted by molar-refractivity contribution is 7.98. The molecule has 0 bridgehead atoms. The zero-order valence-corrected chi connectivity index (χ0v) is 11.0. The normalized spacial score (nSPS) is 14.5. The molecule has 0 fully saturated rings. The Morgan fingerprint density at radius 2 is 2.00 bits per heavy atom. The molecule has 2 rings (SSSR count). The summed E-state index contributed by atoms with van der Waals surface area (Å²) in [6.07, 6.45) is 0. The highest BCUT2D eigenvalue weighted by Crippen LogP contribution is 2.38. The summed E-state index contributed by atoms with van der Waals surface area (Å²) in [5, 5.41) is 3.85. The molecule has 2 N–H and O–H groups in total. The van der Waals surface area contributed by atoms with Gasteiger partial charge >= 0.3 is 0 Å². The van der Waals surface area contributed by atoms with E-state index in [1.54, 1.807) is 0 Å². The van der Waals surface area contributed by atoms with Gasteiger partial charge in [-0.05, 0) is 18.2 Å². The van der Waals surface area contributed by atoms with Crippen LogP contribution in [0.1, 0.15) is 5.56 Å². The molecule has 0 spiro atoms. The van der Waals surface area contributed by atoms with Crippen LogP contribution in [0.2, 0.25) is 0 Å². The van der Waals surface area contributed by atoms with Crippen molar-refractivity contribution >= 4 is 26.5 Å². The molecular formula is C11H11FN3O3S. The Kier molecular flexibility index (Phi) is 3.07. The molecule has 101 valence electrons. The predicted molar refractivity (Wildman–Crippen MR) is 66.9 cm³/mol. The van der Waals surface area contributed by atoms with Gasteiger partial charge in [0.15, 0.2) is 0 Å². The average Bonchev–Trinajstić information content (AvgIpc) is 2.67. The minimum absolute atomic E-state index is 0.0440. The number of fused-ring (bicyclic) bond motifs is 1. The molecule has 1 aliphatic heterocycles. The monoisotopic (exact) mass is 284 g/mol. The Morgan fingerprint density at radius 1 is 1.37 bits per heavy atom. The van der Waals surface area contributed by atoms with E-state index in [2.05, 4.69) is 5.32 Å². The second kappa shape index (κ2) is 4.32. The van der Waals surface area contributed by atoms with Gasteiger partial charge in [-0.25, -0.2) is 22.4 Å². The Hall–Kier alpha value is -1.93. The van der Waals surface area contributed by atoms with Crippen LogP contribution in [0.25, 0.3) is 4.91 Å². The number of nitrogens with zero attached hydrogens (tertiary/aromatic N) is 2. The van der Waals surface area contributed by atoms with Gasteiger partial charge in [-0.15, -0.1) is 0 Å². The molecule has 0 aromatic heterocycles. The number of nitrogens with two attached hydrogens (primary N) is 1. The highest BCUT2D eigenvalue weighted by atomic mass is 32.2. The van der Waals surface area contributed by atoms with Crippen molar-refractivity contribution in [3.63, 3.8) is 0 Å². The van der Waals surface area contributed by atoms with Crippen LogP contribution in [0.5, 0.6) is 0 Å². The van der Waals surface area contributed by atoms with E-state index in [0.717, 1.165) is 16.4 Å². The minimum atomic E-state index is -3.95. The maximum atomic E-state index is 13.3. The molecule has 0 unspecified atom stereocenters. The summed E-state index contributed by atoms with van der Waals surface area (Å²) in [5.41, 5.74) is 5.00. The molecule has 0 saturated carbocycles. The van der Waals surface area contributed by atoms with E-state index < -0.39 is 21.7 Å². The van der Waals surface area contributed by atoms with Gasteiger partial charge in [-0.3, -0.25) is 4.79 Å². The Labute approximate surface area is 109 Å². The summed E-state index contributed by atoms with van der Waals surface area (Å²) in [4.78, 5) is 11.0. The lowest BCUT2D eigenvalue weighted by Crippen LogP contribution is -2.26. The van der Waals surface area contributed by atoms with Crippen molar-refractivity contribution < 1.29 is 17.6 Å². The summed E-state index contributed by atoms with van der Waals surface area (Å²) in [6, 6.07) is 3.45. The molecule has 1 aliphatic rings. The number of benzene rings is 1. The molecule has 1 radical (unpaired) electrons. The summed E-state index contributed by atoms with van der Waals surface area (Å²) >= 11 is 0. The summed E-state index contributed by atoms with van der Waals surface area (Å²) in [5.74, 6) is -1.59. The van der Waals surface area contributed by atoms with Crippen molar-refractivity contribution in [2.75, 3.05) is 14.1 Å². The van der Waals surface area contributed by atoms with Crippen molar-refractivity contribution in [1.29, 1.82) is 0 Å². The molecule has 1 heterocycles. The third-order valence-corrected chi connectivity index (χ3v) is 4.51. The van der Waals surface area contributed by atoms with E-state index >= 15 is 0 Å². The second-order valence-electron chi connectivity index (χ2n) is 4.10. The van der Waals surface area contributed by atoms with Crippen molar-refractivity contribution in [1.82, 2.24) is 9.62 Å². The lowest BCUT2D eigenvalue weighted by Gasteiger charge is -2.13. The first-order valence-corrected chi connectivity index (χ1v) is 6.67. The zero-order valence-electron chi connectivity index (χ0n) is 10.2. The number of hydrogen-bond donors (Lipinski definition) is 1. The van der Waals surface area contributed by atoms with Gasteiger partial charge in [-0.1, -0.05) is 0 Å². The number of rotatable bonds is 3. The van der Waals surface area contributed by atoms with Gasteiger partial charge in [0, 0.05) is 19.7 Å². The highest BCUT2D eigenvalue weighted by Gasteiger charge is 2.36. The number of amides is 1. The summed E-state index contributed by atoms with van der Waals surface area (Å²) in [6.45, 7) is 0. The number of sulfonamides is 1. The first-order valence-electron chi connectivity index (χ1n) is 5.23. The van der Waals surface area contributed by atoms with Crippen LogP contribution in [-0.2, 0) is 14.8 Å². The van der Waals surface area contributed by atoms with E-state index in [0.29, 0.717) is 0 Å². The maximum Gasteiger partial charge on any atom is 0.268 e. The van der Waals surface area contributed by atoms with Crippen molar-refractivity contribution in [2.45, 2.75) is 0 Å². The van der Waals surface area contributed by atoms with Crippen molar-refractivity contribution in [3.8, 4) is 0 Å². The second-order valence-corrected chi connectivity index (χ2v) is 6.19. The molecule has 1 aromatic rings. The fourth-order valence-corrected chi connectivity index (χ4v) is 2.89. The number of hydrogen-bond acceptors (Lipinski definition) is 3. The maximum absolute atomic E-state index is 13.3. The van der Waals surface area contributed by atoms with Crippen molar-refractivity contribution in [2.24, 2.45) is 5.73 Å². The molecule has 0 aliphatic carbocycles. The van der Waals surface area contributed by atoms with Crippen LogP contribution >= 0.6 is 0 Å². The zero-order chi connectivity index (χ0) is 14.4. The lowest BCUT2D eigenvalue weighted by atomic mass is 10.2. The van der Waals surface area contributed by atoms with Gasteiger partial charge in [0.25, 0.3) is 5.91 Å². The largest absolute Gasteiger partial charge is 0.364 e. The topological polar surface area (TPSA) is 94.6 Å². The van der Waals surface area contributed by atoms with Gasteiger partial charge in [-0.2, -0.15) is 0 Å². The van der Waals surface area contributed by atoms with E-state index in [9.17, 15) is 17.6 Å². The third kappa shape index (κ3) is 2.08. The molecule has 0 saturated heterocycles. The van der Waals surface area contributed by atoms with E-state index in [-0.39, 0.29) is 21.9 Å². The number of carbonyl (C=O) groups is 1. The first-order chi connectivity index (χ1) is 8.75. The molecule has 1 aromatic carbocycles. The number of primary amides is 1. The van der Waals surface area contributed by atoms with Gasteiger partial charge in [0.05, 0.1) is 5.69 Å². The number of carbonyl (C=O) groups excluding carboxylic acids is 1. The fourth-order valence-electron chi connectivity index (χ4n) is 1.70. The van der Waals surface area contributed by atoms with E-state index in [1.807, 2.05) is 0 Å². The van der Waals surface area contributed by atoms with Crippen LogP contribution in [0.3, 0.4) is 0 Å². The van der Waals surface area contributed by atoms with Crippen LogP contribution < -0.4 is 11.1 Å². The quantitative estimate of drug-likeness (QED) is 0.854. The lowest BCUT2D eigenvalue weighted by molar-refractivity contribution is -0.114. The first kappa shape index (κ1) is 13.5. The Morgan fingerprint density at radius 3 is 2.53 bits per heavy atom. The van der Waals surface area contributed by atoms with Gasteiger partial charge in [0.2, 0.25) is 10.0 Å². The van der Waals surface area contributed by atoms with Gasteiger partial charge < -0.3 is 5.73 Å². The summed E-state index contributed by atoms with van der Waals surface area (Å²) in [7, 11) is -1.34. The SMILES string of the molecule is CN(C)S(=O)(=O)C1=C(C(N)=O)[N]c2ccc(F)cc21. The van der Waals surface area contributed by atoms with E-state index in [4.69, 9.17) is 5.73 Å². The van der Waals surface area contributed by atoms with Crippen LogP contribution in [0.4, 0.5) is 10.1 Å². The molecular weight excluding hydrogens is 273 g/mol. The van der Waals surface area contributed by atoms with E-state index in [1.165, 1.54) is 20.2 Å². The molecule has 19 heavy (non-hydrogen) atoms. The third-order valence-electron chi connectivity index (χ3n) is 2.62. The van der Waals surface area contributed by atoms with Crippen LogP contribution in [0.15, 0.2) is 23.9 Å². The predicted octanol–water partition coefficient (Wildman–Crippen LogP) is 0.121. The minimum Gasteiger partial charge on any atom is -0.364 e. The average molecular weight is 284 g/mol. The smallest absolute Gasteiger partial charge is 0.268 e. The Bertz CT molecular complexity index is 695. The molecule has 6 nitrogen and oxygen atoms in total. The molecule has 1 amide bonds. The van der Waals surface area contributed by atoms with Crippen molar-refractivity contribution in [3.05, 3.63) is 35.3 Å². The molecule has 8 heteroatoms.